The normalized spacial score (nSPS) is 11.0. The van der Waals surface area contributed by atoms with Gasteiger partial charge in [0.25, 0.3) is 0 Å². The summed E-state index contributed by atoms with van der Waals surface area (Å²) in [6, 6.07) is 28.8. The third-order valence-electron chi connectivity index (χ3n) is 6.10. The molecule has 0 atom stereocenters. The Labute approximate surface area is 207 Å². The van der Waals surface area contributed by atoms with Gasteiger partial charge in [0, 0.05) is 11.3 Å². The lowest BCUT2D eigenvalue weighted by molar-refractivity contribution is -0.116. The molecular weight excluding hydrogens is 434 g/mol. The third kappa shape index (κ3) is 5.55. The molecule has 0 heterocycles. The fourth-order valence-corrected chi connectivity index (χ4v) is 4.36. The first kappa shape index (κ1) is 24.1. The van der Waals surface area contributed by atoms with Crippen molar-refractivity contribution in [1.29, 1.82) is 0 Å². The van der Waals surface area contributed by atoms with Gasteiger partial charge in [-0.25, -0.2) is 0 Å². The molecule has 1 amide bonds. The van der Waals surface area contributed by atoms with E-state index in [2.05, 4.69) is 5.32 Å². The Kier molecular flexibility index (Phi) is 7.21. The van der Waals surface area contributed by atoms with Gasteiger partial charge in [-0.1, -0.05) is 74.5 Å². The number of hydrogen-bond donors (Lipinski definition) is 2. The summed E-state index contributed by atoms with van der Waals surface area (Å²) in [7, 11) is 0. The summed E-state index contributed by atoms with van der Waals surface area (Å²) in [5.41, 5.74) is 5.28. The first-order valence-corrected chi connectivity index (χ1v) is 11.9. The first-order chi connectivity index (χ1) is 16.8. The van der Waals surface area contributed by atoms with Crippen LogP contribution in [0.25, 0.3) is 0 Å². The van der Waals surface area contributed by atoms with E-state index < -0.39 is 5.92 Å². The molecule has 4 aromatic carbocycles. The molecule has 0 aliphatic rings. The van der Waals surface area contributed by atoms with Crippen molar-refractivity contribution in [3.63, 3.8) is 0 Å². The Morgan fingerprint density at radius 3 is 1.86 bits per heavy atom. The summed E-state index contributed by atoms with van der Waals surface area (Å²) in [6.45, 7) is 8.00. The van der Waals surface area contributed by atoms with Crippen LogP contribution in [0.4, 0.5) is 5.69 Å². The predicted molar refractivity (Wildman–Crippen MR) is 142 cm³/mol. The van der Waals surface area contributed by atoms with Gasteiger partial charge in [0.15, 0.2) is 0 Å². The molecule has 0 aromatic heterocycles. The second kappa shape index (κ2) is 10.5. The van der Waals surface area contributed by atoms with Crippen molar-refractivity contribution >= 4 is 11.6 Å². The SMILES string of the molecule is Cc1cc(NC(=O)C(c2ccccc2)c2ccccc2)cc(C)c1Oc1ccc(O)c(C(C)C)c1. The van der Waals surface area contributed by atoms with Gasteiger partial charge in [0.2, 0.25) is 5.91 Å². The lowest BCUT2D eigenvalue weighted by atomic mass is 9.90. The molecule has 35 heavy (non-hydrogen) atoms. The Morgan fingerprint density at radius 1 is 0.800 bits per heavy atom. The zero-order valence-electron chi connectivity index (χ0n) is 20.6. The molecular formula is C31H31NO3. The molecule has 178 valence electrons. The van der Waals surface area contributed by atoms with Crippen LogP contribution in [0.5, 0.6) is 17.2 Å². The van der Waals surface area contributed by atoms with Crippen LogP contribution in [0.3, 0.4) is 0 Å². The van der Waals surface area contributed by atoms with Crippen LogP contribution in [-0.4, -0.2) is 11.0 Å². The highest BCUT2D eigenvalue weighted by atomic mass is 16.5. The largest absolute Gasteiger partial charge is 0.508 e. The highest BCUT2D eigenvalue weighted by molar-refractivity contribution is 5.98. The van der Waals surface area contributed by atoms with E-state index in [1.165, 1.54) is 0 Å². The number of carbonyl (C=O) groups excluding carboxylic acids is 1. The number of aryl methyl sites for hydroxylation is 2. The third-order valence-corrected chi connectivity index (χ3v) is 6.10. The number of nitrogens with one attached hydrogen (secondary N) is 1. The van der Waals surface area contributed by atoms with E-state index in [0.717, 1.165) is 39.3 Å². The van der Waals surface area contributed by atoms with Crippen LogP contribution in [0.1, 0.15) is 53.5 Å². The van der Waals surface area contributed by atoms with Gasteiger partial charge < -0.3 is 15.2 Å². The first-order valence-electron chi connectivity index (χ1n) is 11.9. The highest BCUT2D eigenvalue weighted by Gasteiger charge is 2.23. The molecule has 4 aromatic rings. The molecule has 4 heteroatoms. The van der Waals surface area contributed by atoms with E-state index in [9.17, 15) is 9.90 Å². The molecule has 0 radical (unpaired) electrons. The highest BCUT2D eigenvalue weighted by Crippen LogP contribution is 2.36. The second-order valence-electron chi connectivity index (χ2n) is 9.16. The van der Waals surface area contributed by atoms with Crippen molar-refractivity contribution in [3.8, 4) is 17.2 Å². The molecule has 0 saturated carbocycles. The van der Waals surface area contributed by atoms with Crippen molar-refractivity contribution in [2.24, 2.45) is 0 Å². The van der Waals surface area contributed by atoms with Gasteiger partial charge in [-0.3, -0.25) is 4.79 Å². The molecule has 4 rings (SSSR count). The molecule has 0 aliphatic carbocycles. The van der Waals surface area contributed by atoms with Crippen LogP contribution in [0, 0.1) is 13.8 Å². The number of rotatable bonds is 7. The van der Waals surface area contributed by atoms with E-state index in [-0.39, 0.29) is 17.6 Å². The zero-order valence-corrected chi connectivity index (χ0v) is 20.6. The Bertz CT molecular complexity index is 1250. The van der Waals surface area contributed by atoms with E-state index in [1.54, 1.807) is 12.1 Å². The molecule has 2 N–H and O–H groups in total. The van der Waals surface area contributed by atoms with Gasteiger partial charge in [-0.15, -0.1) is 0 Å². The Morgan fingerprint density at radius 2 is 1.34 bits per heavy atom. The molecule has 0 spiro atoms. The van der Waals surface area contributed by atoms with Gasteiger partial charge >= 0.3 is 0 Å². The van der Waals surface area contributed by atoms with Gasteiger partial charge in [0.1, 0.15) is 17.2 Å². The number of phenolic OH excluding ortho intramolecular Hbond substituents is 1. The van der Waals surface area contributed by atoms with Crippen molar-refractivity contribution in [1.82, 2.24) is 0 Å². The summed E-state index contributed by atoms with van der Waals surface area (Å²) in [6.07, 6.45) is 0. The monoisotopic (exact) mass is 465 g/mol. The maximum Gasteiger partial charge on any atom is 0.236 e. The summed E-state index contributed by atoms with van der Waals surface area (Å²) >= 11 is 0. The average Bonchev–Trinajstić information content (AvgIpc) is 2.84. The fraction of sp³-hybridized carbons (Fsp3) is 0.194. The number of anilines is 1. The number of carbonyl (C=O) groups is 1. The topological polar surface area (TPSA) is 58.6 Å². The fourth-order valence-electron chi connectivity index (χ4n) is 4.36. The number of aromatic hydroxyl groups is 1. The van der Waals surface area contributed by atoms with Gasteiger partial charge in [-0.2, -0.15) is 0 Å². The number of ether oxygens (including phenoxy) is 1. The average molecular weight is 466 g/mol. The maximum atomic E-state index is 13.5. The van der Waals surface area contributed by atoms with Crippen LogP contribution < -0.4 is 10.1 Å². The van der Waals surface area contributed by atoms with E-state index >= 15 is 0 Å². The number of hydrogen-bond acceptors (Lipinski definition) is 3. The molecule has 4 nitrogen and oxygen atoms in total. The quantitative estimate of drug-likeness (QED) is 0.294. The predicted octanol–water partition coefficient (Wildman–Crippen LogP) is 7.70. The van der Waals surface area contributed by atoms with Crippen molar-refractivity contribution in [2.75, 3.05) is 5.32 Å². The number of amides is 1. The standard InChI is InChI=1S/C31H31NO3/c1-20(2)27-19-26(15-16-28(27)33)35-30-21(3)17-25(18-22(30)4)32-31(34)29(23-11-7-5-8-12-23)24-13-9-6-10-14-24/h5-20,29,33H,1-4H3,(H,32,34). The summed E-state index contributed by atoms with van der Waals surface area (Å²) < 4.78 is 6.21. The van der Waals surface area contributed by atoms with E-state index in [0.29, 0.717) is 5.75 Å². The lowest BCUT2D eigenvalue weighted by Crippen LogP contribution is -2.22. The number of benzene rings is 4. The lowest BCUT2D eigenvalue weighted by Gasteiger charge is -2.19. The van der Waals surface area contributed by atoms with Gasteiger partial charge in [0.05, 0.1) is 5.92 Å². The van der Waals surface area contributed by atoms with Crippen LogP contribution in [0.2, 0.25) is 0 Å². The molecule has 0 bridgehead atoms. The van der Waals surface area contributed by atoms with E-state index in [4.69, 9.17) is 4.74 Å². The van der Waals surface area contributed by atoms with Crippen LogP contribution >= 0.6 is 0 Å². The maximum absolute atomic E-state index is 13.5. The summed E-state index contributed by atoms with van der Waals surface area (Å²) in [5.74, 6) is 1.36. The van der Waals surface area contributed by atoms with Crippen molar-refractivity contribution < 1.29 is 14.6 Å². The molecule has 0 aliphatic heterocycles. The minimum Gasteiger partial charge on any atom is -0.508 e. The van der Waals surface area contributed by atoms with Crippen molar-refractivity contribution in [3.05, 3.63) is 119 Å². The Hall–Kier alpha value is -4.05. The van der Waals surface area contributed by atoms with Gasteiger partial charge in [-0.05, 0) is 72.4 Å². The van der Waals surface area contributed by atoms with E-state index in [1.807, 2.05) is 107 Å². The summed E-state index contributed by atoms with van der Waals surface area (Å²) in [4.78, 5) is 13.5. The summed E-state index contributed by atoms with van der Waals surface area (Å²) in [5, 5.41) is 13.2. The number of phenols is 1. The Balaban J connectivity index is 1.59. The minimum atomic E-state index is -0.416. The minimum absolute atomic E-state index is 0.0880. The molecule has 0 saturated heterocycles. The van der Waals surface area contributed by atoms with Crippen LogP contribution in [0.15, 0.2) is 91.0 Å². The molecule has 0 unspecified atom stereocenters. The van der Waals surface area contributed by atoms with Crippen molar-refractivity contribution in [2.45, 2.75) is 39.5 Å². The second-order valence-corrected chi connectivity index (χ2v) is 9.16. The van der Waals surface area contributed by atoms with Crippen LogP contribution in [-0.2, 0) is 4.79 Å². The smallest absolute Gasteiger partial charge is 0.236 e. The molecule has 0 fully saturated rings. The zero-order chi connectivity index (χ0) is 24.9.